The molecule has 1 radical (unpaired) electrons. The quantitative estimate of drug-likeness (QED) is 0.622. The Kier molecular flexibility index (Phi) is 6.89. The summed E-state index contributed by atoms with van der Waals surface area (Å²) in [5.41, 5.74) is 0. The molecule has 0 aromatic carbocycles. The molecule has 0 aliphatic carbocycles. The average molecular weight is 158 g/mol. The molecule has 65 valence electrons. The van der Waals surface area contributed by atoms with Crippen molar-refractivity contribution in [3.63, 3.8) is 0 Å². The van der Waals surface area contributed by atoms with E-state index >= 15 is 0 Å². The number of alkyl carbamates (subject to hydrolysis) is 1. The first kappa shape index (κ1) is 10.3. The molecule has 0 aromatic rings. The maximum atomic E-state index is 10.7. The fourth-order valence-corrected chi connectivity index (χ4v) is 0.536. The van der Waals surface area contributed by atoms with Crippen LogP contribution in [0, 0.1) is 6.54 Å². The molecular weight excluding hydrogens is 142 g/mol. The van der Waals surface area contributed by atoms with E-state index in [0.717, 1.165) is 19.3 Å². The molecule has 3 heteroatoms. The minimum atomic E-state index is -0.347. The number of amides is 1. The van der Waals surface area contributed by atoms with E-state index in [-0.39, 0.29) is 6.09 Å². The van der Waals surface area contributed by atoms with Crippen LogP contribution in [-0.2, 0) is 4.74 Å². The van der Waals surface area contributed by atoms with Gasteiger partial charge in [-0.15, -0.1) is 0 Å². The number of hydrogen-bond acceptors (Lipinski definition) is 2. The van der Waals surface area contributed by atoms with Gasteiger partial charge in [0.05, 0.1) is 13.2 Å². The van der Waals surface area contributed by atoms with Crippen LogP contribution in [0.5, 0.6) is 0 Å². The van der Waals surface area contributed by atoms with E-state index in [0.29, 0.717) is 6.61 Å². The first-order valence-electron chi connectivity index (χ1n) is 4.06. The second-order valence-electron chi connectivity index (χ2n) is 2.27. The molecule has 0 fully saturated rings. The lowest BCUT2D eigenvalue weighted by atomic mass is 10.3. The van der Waals surface area contributed by atoms with Crippen LogP contribution in [0.1, 0.15) is 33.1 Å². The summed E-state index contributed by atoms with van der Waals surface area (Å²) >= 11 is 0. The largest absolute Gasteiger partial charge is 0.450 e. The van der Waals surface area contributed by atoms with Gasteiger partial charge in [-0.05, 0) is 12.8 Å². The van der Waals surface area contributed by atoms with E-state index in [4.69, 9.17) is 4.74 Å². The second-order valence-corrected chi connectivity index (χ2v) is 2.27. The van der Waals surface area contributed by atoms with Gasteiger partial charge in [-0.2, -0.15) is 0 Å². The zero-order valence-electron chi connectivity index (χ0n) is 7.22. The molecule has 1 amide bonds. The third-order valence-corrected chi connectivity index (χ3v) is 1.09. The van der Waals surface area contributed by atoms with Crippen molar-refractivity contribution < 1.29 is 9.53 Å². The van der Waals surface area contributed by atoms with E-state index in [1.807, 2.05) is 6.92 Å². The van der Waals surface area contributed by atoms with Crippen molar-refractivity contribution in [2.24, 2.45) is 0 Å². The van der Waals surface area contributed by atoms with Gasteiger partial charge in [0.25, 0.3) is 0 Å². The third-order valence-electron chi connectivity index (χ3n) is 1.09. The zero-order chi connectivity index (χ0) is 8.53. The van der Waals surface area contributed by atoms with Gasteiger partial charge in [0.2, 0.25) is 0 Å². The Bertz CT molecular complexity index is 104. The van der Waals surface area contributed by atoms with Gasteiger partial charge in [0.15, 0.2) is 0 Å². The number of ether oxygens (including phenoxy) is 1. The van der Waals surface area contributed by atoms with Gasteiger partial charge in [0, 0.05) is 0 Å². The molecule has 0 aromatic heterocycles. The van der Waals surface area contributed by atoms with Crippen molar-refractivity contribution in [3.8, 4) is 0 Å². The zero-order valence-corrected chi connectivity index (χ0v) is 7.22. The Balaban J connectivity index is 3.09. The van der Waals surface area contributed by atoms with Crippen LogP contribution < -0.4 is 5.32 Å². The van der Waals surface area contributed by atoms with Crippen molar-refractivity contribution in [2.45, 2.75) is 33.1 Å². The van der Waals surface area contributed by atoms with Crippen molar-refractivity contribution in [2.75, 3.05) is 6.61 Å². The standard InChI is InChI=1S/C8H16NO2/c1-3-5-6-9-8(10)11-7-4-2/h6H,3-5,7H2,1-2H3,(H,9,10). The molecule has 0 saturated heterocycles. The second kappa shape index (κ2) is 7.38. The lowest BCUT2D eigenvalue weighted by Gasteiger charge is -2.03. The predicted octanol–water partition coefficient (Wildman–Crippen LogP) is 2.08. The predicted molar refractivity (Wildman–Crippen MR) is 44.0 cm³/mol. The summed E-state index contributed by atoms with van der Waals surface area (Å²) < 4.78 is 4.76. The number of carbonyl (C=O) groups is 1. The Labute approximate surface area is 68.1 Å². The summed E-state index contributed by atoms with van der Waals surface area (Å²) in [6.07, 6.45) is 2.44. The molecule has 0 aliphatic rings. The average Bonchev–Trinajstić information content (AvgIpc) is 2.01. The van der Waals surface area contributed by atoms with E-state index < -0.39 is 0 Å². The highest BCUT2D eigenvalue weighted by atomic mass is 16.5. The highest BCUT2D eigenvalue weighted by Crippen LogP contribution is 1.89. The van der Waals surface area contributed by atoms with E-state index in [1.54, 1.807) is 6.54 Å². The molecule has 0 rings (SSSR count). The van der Waals surface area contributed by atoms with Crippen LogP contribution in [-0.4, -0.2) is 12.7 Å². The van der Waals surface area contributed by atoms with Gasteiger partial charge in [-0.25, -0.2) is 4.79 Å². The van der Waals surface area contributed by atoms with Gasteiger partial charge in [0.1, 0.15) is 0 Å². The highest BCUT2D eigenvalue weighted by Gasteiger charge is 1.97. The Morgan fingerprint density at radius 1 is 1.45 bits per heavy atom. The number of nitrogens with one attached hydrogen (secondary N) is 1. The van der Waals surface area contributed by atoms with E-state index in [9.17, 15) is 4.79 Å². The minimum Gasteiger partial charge on any atom is -0.450 e. The molecule has 11 heavy (non-hydrogen) atoms. The fourth-order valence-electron chi connectivity index (χ4n) is 0.536. The summed E-state index contributed by atoms with van der Waals surface area (Å²) in [7, 11) is 0. The number of carbonyl (C=O) groups excluding carboxylic acids is 1. The highest BCUT2D eigenvalue weighted by molar-refractivity contribution is 5.67. The van der Waals surface area contributed by atoms with Crippen LogP contribution in [0.15, 0.2) is 0 Å². The first-order chi connectivity index (χ1) is 5.31. The smallest absolute Gasteiger partial charge is 0.407 e. The van der Waals surface area contributed by atoms with Gasteiger partial charge >= 0.3 is 6.09 Å². The molecular formula is C8H16NO2. The van der Waals surface area contributed by atoms with Crippen LogP contribution in [0.3, 0.4) is 0 Å². The maximum Gasteiger partial charge on any atom is 0.407 e. The summed E-state index contributed by atoms with van der Waals surface area (Å²) in [6, 6.07) is 0. The van der Waals surface area contributed by atoms with Crippen molar-refractivity contribution in [1.82, 2.24) is 5.32 Å². The van der Waals surface area contributed by atoms with Crippen molar-refractivity contribution in [3.05, 3.63) is 6.54 Å². The molecule has 0 spiro atoms. The minimum absolute atomic E-state index is 0.347. The van der Waals surface area contributed by atoms with E-state index in [2.05, 4.69) is 12.2 Å². The molecule has 0 heterocycles. The van der Waals surface area contributed by atoms with Crippen LogP contribution in [0.4, 0.5) is 4.79 Å². The Hall–Kier alpha value is -0.730. The topological polar surface area (TPSA) is 38.3 Å². The van der Waals surface area contributed by atoms with Gasteiger partial charge in [-0.1, -0.05) is 20.3 Å². The summed E-state index contributed by atoms with van der Waals surface area (Å²) in [5, 5.41) is 2.53. The molecule has 3 nitrogen and oxygen atoms in total. The Morgan fingerprint density at radius 3 is 2.73 bits per heavy atom. The number of unbranched alkanes of at least 4 members (excludes halogenated alkanes) is 1. The normalized spacial score (nSPS) is 9.27. The van der Waals surface area contributed by atoms with Crippen molar-refractivity contribution >= 4 is 6.09 Å². The molecule has 1 N–H and O–H groups in total. The SMILES string of the molecule is CCC[CH]NC(=O)OCCC. The van der Waals surface area contributed by atoms with Gasteiger partial charge < -0.3 is 10.1 Å². The Morgan fingerprint density at radius 2 is 2.18 bits per heavy atom. The molecule has 0 bridgehead atoms. The summed E-state index contributed by atoms with van der Waals surface area (Å²) in [5.74, 6) is 0. The van der Waals surface area contributed by atoms with Gasteiger partial charge in [-0.3, -0.25) is 0 Å². The summed E-state index contributed by atoms with van der Waals surface area (Å²) in [4.78, 5) is 10.7. The van der Waals surface area contributed by atoms with Crippen LogP contribution in [0.2, 0.25) is 0 Å². The lowest BCUT2D eigenvalue weighted by Crippen LogP contribution is -2.21. The first-order valence-corrected chi connectivity index (χ1v) is 4.06. The fraction of sp³-hybridized carbons (Fsp3) is 0.750. The monoisotopic (exact) mass is 158 g/mol. The third kappa shape index (κ3) is 7.16. The maximum absolute atomic E-state index is 10.7. The molecule has 0 aliphatic heterocycles. The lowest BCUT2D eigenvalue weighted by molar-refractivity contribution is 0.148. The number of hydrogen-bond donors (Lipinski definition) is 1. The van der Waals surface area contributed by atoms with Crippen molar-refractivity contribution in [1.29, 1.82) is 0 Å². The van der Waals surface area contributed by atoms with Crippen LogP contribution in [0.25, 0.3) is 0 Å². The summed E-state index contributed by atoms with van der Waals surface area (Å²) in [6.45, 7) is 6.22. The van der Waals surface area contributed by atoms with E-state index in [1.165, 1.54) is 0 Å². The molecule has 0 atom stereocenters. The molecule has 0 saturated carbocycles. The van der Waals surface area contributed by atoms with Crippen LogP contribution >= 0.6 is 0 Å². The molecule has 0 unspecified atom stereocenters. The number of rotatable bonds is 5.